The maximum absolute atomic E-state index is 13.0. The molecular weight excluding hydrogens is 427 g/mol. The van der Waals surface area contributed by atoms with Crippen molar-refractivity contribution in [1.29, 1.82) is 0 Å². The lowest BCUT2D eigenvalue weighted by molar-refractivity contribution is -0.137. The quantitative estimate of drug-likeness (QED) is 0.483. The highest BCUT2D eigenvalue weighted by Crippen LogP contribution is 2.37. The third kappa shape index (κ3) is 3.28. The van der Waals surface area contributed by atoms with Crippen LogP contribution in [0, 0.1) is 6.92 Å². The monoisotopic (exact) mass is 445 g/mol. The van der Waals surface area contributed by atoms with Gasteiger partial charge in [0.15, 0.2) is 5.65 Å². The van der Waals surface area contributed by atoms with Gasteiger partial charge in [0.1, 0.15) is 0 Å². The van der Waals surface area contributed by atoms with Crippen LogP contribution >= 0.6 is 11.5 Å². The van der Waals surface area contributed by atoms with Crippen molar-refractivity contribution >= 4 is 39.4 Å². The number of nitrogens with zero attached hydrogens (tertiary/aromatic N) is 3. The van der Waals surface area contributed by atoms with Gasteiger partial charge in [0.05, 0.1) is 17.2 Å². The van der Waals surface area contributed by atoms with E-state index in [2.05, 4.69) is 4.37 Å². The Morgan fingerprint density at radius 3 is 2.58 bits per heavy atom. The Morgan fingerprint density at radius 1 is 1.19 bits per heavy atom. The van der Waals surface area contributed by atoms with Gasteiger partial charge in [-0.05, 0) is 67.3 Å². The van der Waals surface area contributed by atoms with Crippen LogP contribution in [0.15, 0.2) is 42.5 Å². The molecule has 5 rings (SSSR count). The molecular formula is C22H18F3N3O2S. The molecule has 3 heterocycles. The van der Waals surface area contributed by atoms with Crippen LogP contribution < -0.4 is 0 Å². The predicted molar refractivity (Wildman–Crippen MR) is 113 cm³/mol. The Kier molecular flexibility index (Phi) is 4.56. The SMILES string of the molecule is Cc1snc2c1c1cc(C(=O)N3CC[C@@H](O)C3)ccc1n2-c1ccc(C(F)(F)F)cc1. The number of aryl methyl sites for hydroxylation is 1. The standard InChI is InChI=1S/C22H18F3N3O2S/c1-12-19-17-10-13(21(30)27-9-8-16(29)11-27)2-7-18(17)28(20(19)26-31-12)15-5-3-14(4-6-15)22(23,24)25/h2-7,10,16,29H,8-9,11H2,1H3/t16-/m1/s1. The summed E-state index contributed by atoms with van der Waals surface area (Å²) in [5.41, 5.74) is 1.79. The number of fused-ring (bicyclic) bond motifs is 3. The van der Waals surface area contributed by atoms with Crippen molar-refractivity contribution in [3.05, 3.63) is 58.5 Å². The van der Waals surface area contributed by atoms with E-state index in [0.29, 0.717) is 36.4 Å². The van der Waals surface area contributed by atoms with Crippen molar-refractivity contribution in [2.75, 3.05) is 13.1 Å². The van der Waals surface area contributed by atoms with E-state index in [1.54, 1.807) is 17.0 Å². The van der Waals surface area contributed by atoms with Gasteiger partial charge in [0.25, 0.3) is 5.91 Å². The average molecular weight is 445 g/mol. The van der Waals surface area contributed by atoms with Gasteiger partial charge in [-0.25, -0.2) is 0 Å². The van der Waals surface area contributed by atoms with Crippen LogP contribution in [0.5, 0.6) is 0 Å². The molecule has 0 aliphatic carbocycles. The number of aromatic nitrogens is 2. The van der Waals surface area contributed by atoms with Crippen molar-refractivity contribution in [2.24, 2.45) is 0 Å². The number of carbonyl (C=O) groups excluding carboxylic acids is 1. The van der Waals surface area contributed by atoms with E-state index in [1.165, 1.54) is 23.7 Å². The van der Waals surface area contributed by atoms with Crippen molar-refractivity contribution in [2.45, 2.75) is 25.6 Å². The molecule has 1 atom stereocenters. The number of carbonyl (C=O) groups is 1. The topological polar surface area (TPSA) is 58.4 Å². The van der Waals surface area contributed by atoms with Gasteiger partial charge >= 0.3 is 6.18 Å². The van der Waals surface area contributed by atoms with Crippen LogP contribution in [-0.4, -0.2) is 44.0 Å². The molecule has 0 radical (unpaired) electrons. The van der Waals surface area contributed by atoms with Gasteiger partial charge < -0.3 is 10.0 Å². The molecule has 0 unspecified atom stereocenters. The van der Waals surface area contributed by atoms with Crippen LogP contribution in [0.25, 0.3) is 27.6 Å². The number of hydrogen-bond donors (Lipinski definition) is 1. The zero-order valence-corrected chi connectivity index (χ0v) is 17.3. The number of hydrogen-bond acceptors (Lipinski definition) is 4. The zero-order valence-electron chi connectivity index (χ0n) is 16.5. The summed E-state index contributed by atoms with van der Waals surface area (Å²) in [5.74, 6) is -0.144. The van der Waals surface area contributed by atoms with Crippen molar-refractivity contribution in [1.82, 2.24) is 13.8 Å². The fraction of sp³-hybridized carbons (Fsp3) is 0.273. The summed E-state index contributed by atoms with van der Waals surface area (Å²) >= 11 is 1.32. The first kappa shape index (κ1) is 20.0. The van der Waals surface area contributed by atoms with E-state index in [4.69, 9.17) is 0 Å². The fourth-order valence-electron chi connectivity index (χ4n) is 4.17. The zero-order chi connectivity index (χ0) is 21.9. The lowest BCUT2D eigenvalue weighted by Gasteiger charge is -2.15. The summed E-state index contributed by atoms with van der Waals surface area (Å²) in [6.07, 6.45) is -4.33. The average Bonchev–Trinajstić information content (AvgIpc) is 3.42. The maximum Gasteiger partial charge on any atom is 0.416 e. The van der Waals surface area contributed by atoms with E-state index in [0.717, 1.165) is 33.3 Å². The molecule has 9 heteroatoms. The number of aliphatic hydroxyl groups is 1. The minimum absolute atomic E-state index is 0.144. The first-order chi connectivity index (χ1) is 14.7. The van der Waals surface area contributed by atoms with Crippen LogP contribution in [0.3, 0.4) is 0 Å². The molecule has 1 aliphatic heterocycles. The summed E-state index contributed by atoms with van der Waals surface area (Å²) in [6.45, 7) is 2.76. The van der Waals surface area contributed by atoms with Crippen molar-refractivity contribution in [3.8, 4) is 5.69 Å². The Hall–Kier alpha value is -2.91. The smallest absolute Gasteiger partial charge is 0.391 e. The third-order valence-electron chi connectivity index (χ3n) is 5.71. The Labute approximate surface area is 179 Å². The highest BCUT2D eigenvalue weighted by molar-refractivity contribution is 7.07. The highest BCUT2D eigenvalue weighted by Gasteiger charge is 2.30. The minimum Gasteiger partial charge on any atom is -0.391 e. The molecule has 1 aliphatic rings. The Bertz CT molecular complexity index is 1310. The van der Waals surface area contributed by atoms with Gasteiger partial charge in [-0.1, -0.05) is 0 Å². The number of aliphatic hydroxyl groups excluding tert-OH is 1. The van der Waals surface area contributed by atoms with Gasteiger partial charge in [-0.15, -0.1) is 0 Å². The molecule has 1 amide bonds. The summed E-state index contributed by atoms with van der Waals surface area (Å²) in [4.78, 5) is 15.5. The largest absolute Gasteiger partial charge is 0.416 e. The third-order valence-corrected chi connectivity index (χ3v) is 6.46. The molecule has 2 aromatic heterocycles. The normalized spacial score (nSPS) is 17.2. The first-order valence-electron chi connectivity index (χ1n) is 9.79. The molecule has 1 N–H and O–H groups in total. The van der Waals surface area contributed by atoms with E-state index >= 15 is 0 Å². The molecule has 0 bridgehead atoms. The molecule has 4 aromatic rings. The summed E-state index contributed by atoms with van der Waals surface area (Å²) in [5, 5.41) is 11.5. The molecule has 5 nitrogen and oxygen atoms in total. The fourth-order valence-corrected chi connectivity index (χ4v) is 4.86. The van der Waals surface area contributed by atoms with Crippen LogP contribution in [-0.2, 0) is 6.18 Å². The van der Waals surface area contributed by atoms with E-state index in [-0.39, 0.29) is 5.91 Å². The van der Waals surface area contributed by atoms with E-state index < -0.39 is 17.8 Å². The number of amides is 1. The summed E-state index contributed by atoms with van der Waals surface area (Å²) in [6, 6.07) is 10.3. The van der Waals surface area contributed by atoms with Gasteiger partial charge in [0.2, 0.25) is 0 Å². The predicted octanol–water partition coefficient (Wildman–Crippen LogP) is 4.77. The molecule has 31 heavy (non-hydrogen) atoms. The molecule has 0 saturated carbocycles. The summed E-state index contributed by atoms with van der Waals surface area (Å²) < 4.78 is 45.3. The molecule has 160 valence electrons. The Morgan fingerprint density at radius 2 is 1.94 bits per heavy atom. The minimum atomic E-state index is -4.40. The second-order valence-electron chi connectivity index (χ2n) is 7.74. The van der Waals surface area contributed by atoms with Gasteiger partial charge in [0, 0.05) is 40.0 Å². The number of rotatable bonds is 2. The van der Waals surface area contributed by atoms with Crippen LogP contribution in [0.1, 0.15) is 27.2 Å². The summed E-state index contributed by atoms with van der Waals surface area (Å²) in [7, 11) is 0. The maximum atomic E-state index is 13.0. The van der Waals surface area contributed by atoms with Gasteiger partial charge in [-0.2, -0.15) is 17.5 Å². The molecule has 0 spiro atoms. The highest BCUT2D eigenvalue weighted by atomic mass is 32.1. The van der Waals surface area contributed by atoms with E-state index in [1.807, 2.05) is 17.6 Å². The Balaban J connectivity index is 1.65. The van der Waals surface area contributed by atoms with Crippen LogP contribution in [0.4, 0.5) is 13.2 Å². The molecule has 2 aromatic carbocycles. The number of likely N-dealkylation sites (tertiary alicyclic amines) is 1. The second kappa shape index (κ2) is 7.06. The first-order valence-corrected chi connectivity index (χ1v) is 10.6. The molecule has 1 saturated heterocycles. The second-order valence-corrected chi connectivity index (χ2v) is 8.72. The van der Waals surface area contributed by atoms with Crippen molar-refractivity contribution < 1.29 is 23.1 Å². The number of β-amino-alcohol motifs (C(OH)–C–C–N with tert-alkyl or cyclic N) is 1. The number of benzene rings is 2. The number of alkyl halides is 3. The van der Waals surface area contributed by atoms with Crippen molar-refractivity contribution in [3.63, 3.8) is 0 Å². The lowest BCUT2D eigenvalue weighted by Crippen LogP contribution is -2.29. The molecule has 1 fully saturated rings. The number of halogens is 3. The lowest BCUT2D eigenvalue weighted by atomic mass is 10.1. The van der Waals surface area contributed by atoms with E-state index in [9.17, 15) is 23.1 Å². The van der Waals surface area contributed by atoms with Crippen LogP contribution in [0.2, 0.25) is 0 Å². The van der Waals surface area contributed by atoms with Gasteiger partial charge in [-0.3, -0.25) is 9.36 Å².